The van der Waals surface area contributed by atoms with Crippen molar-refractivity contribution >= 4 is 5.78 Å². The van der Waals surface area contributed by atoms with Gasteiger partial charge >= 0.3 is 0 Å². The highest BCUT2D eigenvalue weighted by molar-refractivity contribution is 5.75. The first kappa shape index (κ1) is 20.9. The second-order valence-corrected chi connectivity index (χ2v) is 6.02. The van der Waals surface area contributed by atoms with Crippen LogP contribution in [0, 0.1) is 0 Å². The van der Waals surface area contributed by atoms with Crippen molar-refractivity contribution in [3.63, 3.8) is 0 Å². The average Bonchev–Trinajstić information content (AvgIpc) is 2.50. The van der Waals surface area contributed by atoms with Crippen molar-refractivity contribution in [2.75, 3.05) is 0 Å². The van der Waals surface area contributed by atoms with Crippen LogP contribution < -0.4 is 0 Å². The molecule has 0 aliphatic rings. The summed E-state index contributed by atoms with van der Waals surface area (Å²) in [7, 11) is 0. The van der Waals surface area contributed by atoms with Gasteiger partial charge in [-0.15, -0.1) is 0 Å². The number of allylic oxidation sites excluding steroid dienone is 6. The molecule has 22 heavy (non-hydrogen) atoms. The smallest absolute Gasteiger partial charge is 0.129 e. The van der Waals surface area contributed by atoms with E-state index in [1.54, 1.807) is 6.92 Å². The Bertz CT molecular complexity index is 323. The van der Waals surface area contributed by atoms with Crippen molar-refractivity contribution in [2.45, 2.75) is 90.9 Å². The van der Waals surface area contributed by atoms with Gasteiger partial charge in [0.15, 0.2) is 0 Å². The van der Waals surface area contributed by atoms with E-state index < -0.39 is 0 Å². The number of hydrogen-bond donors (Lipinski definition) is 0. The lowest BCUT2D eigenvalue weighted by Crippen LogP contribution is -1.87. The topological polar surface area (TPSA) is 17.1 Å². The van der Waals surface area contributed by atoms with Crippen LogP contribution in [0.5, 0.6) is 0 Å². The van der Waals surface area contributed by atoms with Crippen molar-refractivity contribution in [3.8, 4) is 0 Å². The van der Waals surface area contributed by atoms with Gasteiger partial charge in [0, 0.05) is 6.42 Å². The van der Waals surface area contributed by atoms with Gasteiger partial charge in [-0.1, -0.05) is 56.2 Å². The Morgan fingerprint density at radius 2 is 1.14 bits per heavy atom. The highest BCUT2D eigenvalue weighted by atomic mass is 16.1. The molecule has 0 heterocycles. The predicted molar refractivity (Wildman–Crippen MR) is 99.2 cm³/mol. The number of ketones is 1. The quantitative estimate of drug-likeness (QED) is 0.236. The Kier molecular flexibility index (Phi) is 17.0. The normalized spacial score (nSPS) is 12.1. The van der Waals surface area contributed by atoms with Crippen molar-refractivity contribution < 1.29 is 4.79 Å². The highest BCUT2D eigenvalue weighted by Gasteiger charge is 1.90. The number of carbonyl (C=O) groups is 1. The van der Waals surface area contributed by atoms with E-state index in [0.29, 0.717) is 5.78 Å². The van der Waals surface area contributed by atoms with E-state index in [2.05, 4.69) is 43.4 Å². The van der Waals surface area contributed by atoms with Crippen LogP contribution in [0.15, 0.2) is 36.5 Å². The van der Waals surface area contributed by atoms with Crippen LogP contribution in [0.4, 0.5) is 0 Å². The van der Waals surface area contributed by atoms with Crippen LogP contribution in [0.2, 0.25) is 0 Å². The minimum atomic E-state index is 0.302. The summed E-state index contributed by atoms with van der Waals surface area (Å²) in [5.74, 6) is 0.302. The molecule has 1 heteroatoms. The molecule has 126 valence electrons. The van der Waals surface area contributed by atoms with Gasteiger partial charge < -0.3 is 4.79 Å². The SMILES string of the molecule is CCCCC/C=C\C/C=C\CCCC/C=C\CCCC(C)=O. The van der Waals surface area contributed by atoms with Crippen LogP contribution in [0.25, 0.3) is 0 Å². The third kappa shape index (κ3) is 18.9. The zero-order valence-corrected chi connectivity index (χ0v) is 14.9. The van der Waals surface area contributed by atoms with Crippen molar-refractivity contribution in [3.05, 3.63) is 36.5 Å². The van der Waals surface area contributed by atoms with E-state index in [1.165, 1.54) is 51.4 Å². The maximum atomic E-state index is 10.8. The molecule has 0 rings (SSSR count). The molecule has 0 fully saturated rings. The lowest BCUT2D eigenvalue weighted by atomic mass is 10.1. The highest BCUT2D eigenvalue weighted by Crippen LogP contribution is 2.05. The molecule has 0 saturated heterocycles. The summed E-state index contributed by atoms with van der Waals surface area (Å²) in [6.45, 7) is 3.91. The van der Waals surface area contributed by atoms with Gasteiger partial charge in [-0.2, -0.15) is 0 Å². The molecule has 0 aliphatic heterocycles. The number of hydrogen-bond acceptors (Lipinski definition) is 1. The fourth-order valence-electron chi connectivity index (χ4n) is 2.25. The van der Waals surface area contributed by atoms with Crippen LogP contribution >= 0.6 is 0 Å². The Balaban J connectivity index is 3.26. The first-order valence-corrected chi connectivity index (χ1v) is 9.21. The van der Waals surface area contributed by atoms with Crippen molar-refractivity contribution in [2.24, 2.45) is 0 Å². The van der Waals surface area contributed by atoms with E-state index >= 15 is 0 Å². The predicted octanol–water partition coefficient (Wildman–Crippen LogP) is 6.95. The summed E-state index contributed by atoms with van der Waals surface area (Å²) < 4.78 is 0. The molecular weight excluding hydrogens is 268 g/mol. The molecule has 0 unspecified atom stereocenters. The van der Waals surface area contributed by atoms with Gasteiger partial charge in [0.1, 0.15) is 5.78 Å². The zero-order valence-electron chi connectivity index (χ0n) is 14.9. The molecule has 0 atom stereocenters. The lowest BCUT2D eigenvalue weighted by Gasteiger charge is -1.94. The van der Waals surface area contributed by atoms with Crippen LogP contribution in [0.3, 0.4) is 0 Å². The van der Waals surface area contributed by atoms with Gasteiger partial charge in [-0.05, 0) is 64.7 Å². The minimum Gasteiger partial charge on any atom is -0.300 e. The molecule has 0 bridgehead atoms. The molecule has 0 radical (unpaired) electrons. The standard InChI is InChI=1S/C21H36O/c1-3-4-5-6-7-8-9-10-11-12-13-14-15-16-17-18-19-20-21(2)22/h7-8,10-11,16-17H,3-6,9,12-15,18-20H2,1-2H3/b8-7-,11-10-,17-16-. The molecule has 0 aromatic carbocycles. The van der Waals surface area contributed by atoms with E-state index in [1.807, 2.05) is 0 Å². The second kappa shape index (κ2) is 17.9. The van der Waals surface area contributed by atoms with Crippen LogP contribution in [0.1, 0.15) is 90.9 Å². The lowest BCUT2D eigenvalue weighted by molar-refractivity contribution is -0.117. The van der Waals surface area contributed by atoms with Gasteiger partial charge in [0.25, 0.3) is 0 Å². The number of carbonyl (C=O) groups excluding carboxylic acids is 1. The van der Waals surface area contributed by atoms with Gasteiger partial charge in [-0.3, -0.25) is 0 Å². The van der Waals surface area contributed by atoms with Crippen LogP contribution in [-0.2, 0) is 4.79 Å². The third-order valence-corrected chi connectivity index (χ3v) is 3.64. The van der Waals surface area contributed by atoms with Crippen LogP contribution in [-0.4, -0.2) is 5.78 Å². The average molecular weight is 305 g/mol. The van der Waals surface area contributed by atoms with Gasteiger partial charge in [-0.25, -0.2) is 0 Å². The maximum absolute atomic E-state index is 10.8. The monoisotopic (exact) mass is 304 g/mol. The van der Waals surface area contributed by atoms with Gasteiger partial charge in [0.05, 0.1) is 0 Å². The molecule has 0 N–H and O–H groups in total. The second-order valence-electron chi connectivity index (χ2n) is 6.02. The molecule has 0 aliphatic carbocycles. The minimum absolute atomic E-state index is 0.302. The summed E-state index contributed by atoms with van der Waals surface area (Å²) in [5, 5.41) is 0. The van der Waals surface area contributed by atoms with Crippen molar-refractivity contribution in [1.29, 1.82) is 0 Å². The zero-order chi connectivity index (χ0) is 16.3. The molecular formula is C21H36O. The molecule has 0 amide bonds. The Morgan fingerprint density at radius 3 is 1.64 bits per heavy atom. The third-order valence-electron chi connectivity index (χ3n) is 3.64. The van der Waals surface area contributed by atoms with Crippen molar-refractivity contribution in [1.82, 2.24) is 0 Å². The summed E-state index contributed by atoms with van der Waals surface area (Å²) in [6, 6.07) is 0. The molecule has 0 saturated carbocycles. The molecule has 1 nitrogen and oxygen atoms in total. The number of Topliss-reactive ketones (excluding diaryl/α,β-unsaturated/α-hetero) is 1. The molecule has 0 spiro atoms. The molecule has 0 aromatic heterocycles. The van der Waals surface area contributed by atoms with E-state index in [9.17, 15) is 4.79 Å². The maximum Gasteiger partial charge on any atom is 0.129 e. The summed E-state index contributed by atoms with van der Waals surface area (Å²) in [6.07, 6.45) is 27.7. The fraction of sp³-hybridized carbons (Fsp3) is 0.667. The number of unbranched alkanes of at least 4 members (excludes halogenated alkanes) is 7. The first-order chi connectivity index (χ1) is 10.8. The summed E-state index contributed by atoms with van der Waals surface area (Å²) >= 11 is 0. The largest absolute Gasteiger partial charge is 0.300 e. The fourth-order valence-corrected chi connectivity index (χ4v) is 2.25. The Morgan fingerprint density at radius 1 is 0.682 bits per heavy atom. The Labute approximate surface area is 138 Å². The summed E-state index contributed by atoms with van der Waals surface area (Å²) in [4.78, 5) is 10.8. The van der Waals surface area contributed by atoms with Gasteiger partial charge in [0.2, 0.25) is 0 Å². The molecule has 0 aromatic rings. The first-order valence-electron chi connectivity index (χ1n) is 9.21. The summed E-state index contributed by atoms with van der Waals surface area (Å²) in [5.41, 5.74) is 0. The van der Waals surface area contributed by atoms with E-state index in [-0.39, 0.29) is 0 Å². The van der Waals surface area contributed by atoms with E-state index in [0.717, 1.165) is 25.7 Å². The van der Waals surface area contributed by atoms with E-state index in [4.69, 9.17) is 0 Å². The Hall–Kier alpha value is -1.11. The number of rotatable bonds is 15.